The van der Waals surface area contributed by atoms with Crippen molar-refractivity contribution < 1.29 is 9.26 Å². The van der Waals surface area contributed by atoms with Crippen LogP contribution in [0.25, 0.3) is 0 Å². The Morgan fingerprint density at radius 1 is 1.64 bits per heavy atom. The summed E-state index contributed by atoms with van der Waals surface area (Å²) in [6, 6.07) is 2.43. The summed E-state index contributed by atoms with van der Waals surface area (Å²) in [4.78, 5) is 0. The molecular weight excluding hydrogens is 180 g/mol. The van der Waals surface area contributed by atoms with E-state index in [2.05, 4.69) is 24.3 Å². The molecule has 0 saturated heterocycles. The van der Waals surface area contributed by atoms with Crippen molar-refractivity contribution in [2.45, 2.75) is 39.5 Å². The van der Waals surface area contributed by atoms with Gasteiger partial charge in [-0.05, 0) is 13.3 Å². The van der Waals surface area contributed by atoms with Crippen LogP contribution < -0.4 is 5.32 Å². The zero-order valence-corrected chi connectivity index (χ0v) is 9.04. The number of ether oxygens (including phenoxy) is 1. The largest absolute Gasteiger partial charge is 0.377 e. The molecule has 0 saturated carbocycles. The molecular formula is C10H18N2O2. The minimum absolute atomic E-state index is 0.482. The second-order valence-corrected chi connectivity index (χ2v) is 3.41. The first-order valence-electron chi connectivity index (χ1n) is 4.93. The van der Waals surface area contributed by atoms with E-state index in [4.69, 9.17) is 9.26 Å². The van der Waals surface area contributed by atoms with Gasteiger partial charge in [-0.25, -0.2) is 0 Å². The van der Waals surface area contributed by atoms with Crippen LogP contribution >= 0.6 is 0 Å². The Bertz CT molecular complexity index is 260. The monoisotopic (exact) mass is 198 g/mol. The molecule has 1 aromatic heterocycles. The van der Waals surface area contributed by atoms with Gasteiger partial charge < -0.3 is 14.6 Å². The first-order valence-corrected chi connectivity index (χ1v) is 4.93. The molecule has 4 nitrogen and oxygen atoms in total. The number of aromatic nitrogens is 1. The summed E-state index contributed by atoms with van der Waals surface area (Å²) in [5.41, 5.74) is 0.928. The normalized spacial score (nSPS) is 13.1. The molecule has 1 rings (SSSR count). The van der Waals surface area contributed by atoms with Crippen LogP contribution in [-0.4, -0.2) is 18.3 Å². The van der Waals surface area contributed by atoms with Crippen LogP contribution in [0.15, 0.2) is 10.6 Å². The van der Waals surface area contributed by atoms with Gasteiger partial charge in [0.2, 0.25) is 0 Å². The maximum absolute atomic E-state index is 5.06. The summed E-state index contributed by atoms with van der Waals surface area (Å²) in [5, 5.41) is 7.26. The van der Waals surface area contributed by atoms with Crippen molar-refractivity contribution in [2.75, 3.05) is 7.11 Å². The lowest BCUT2D eigenvalue weighted by Crippen LogP contribution is -2.24. The standard InChI is InChI=1S/C10H18N2O2/c1-4-8(2)11-6-9-5-10(7-13-3)14-12-9/h5,8,11H,4,6-7H2,1-3H3. The quantitative estimate of drug-likeness (QED) is 0.756. The molecule has 1 heterocycles. The van der Waals surface area contributed by atoms with E-state index in [0.717, 1.165) is 24.4 Å². The lowest BCUT2D eigenvalue weighted by molar-refractivity contribution is 0.155. The van der Waals surface area contributed by atoms with Crippen LogP contribution in [0.5, 0.6) is 0 Å². The van der Waals surface area contributed by atoms with Crippen molar-refractivity contribution in [3.8, 4) is 0 Å². The Morgan fingerprint density at radius 3 is 3.07 bits per heavy atom. The van der Waals surface area contributed by atoms with Crippen LogP contribution in [0, 0.1) is 0 Å². The number of rotatable bonds is 6. The second kappa shape index (κ2) is 5.78. The highest BCUT2D eigenvalue weighted by molar-refractivity contribution is 5.04. The summed E-state index contributed by atoms with van der Waals surface area (Å²) in [6.45, 7) is 5.53. The fraction of sp³-hybridized carbons (Fsp3) is 0.700. The molecule has 0 fully saturated rings. The van der Waals surface area contributed by atoms with Crippen molar-refractivity contribution in [1.29, 1.82) is 0 Å². The van der Waals surface area contributed by atoms with Gasteiger partial charge in [0.25, 0.3) is 0 Å². The predicted octanol–water partition coefficient (Wildman–Crippen LogP) is 1.71. The Balaban J connectivity index is 2.35. The zero-order valence-electron chi connectivity index (χ0n) is 9.04. The molecule has 0 amide bonds. The predicted molar refractivity (Wildman–Crippen MR) is 53.8 cm³/mol. The highest BCUT2D eigenvalue weighted by Gasteiger charge is 2.04. The molecule has 0 radical (unpaired) electrons. The van der Waals surface area contributed by atoms with Gasteiger partial charge in [0.15, 0.2) is 5.76 Å². The molecule has 1 unspecified atom stereocenters. The summed E-state index contributed by atoms with van der Waals surface area (Å²) in [6.07, 6.45) is 1.11. The number of hydrogen-bond donors (Lipinski definition) is 1. The number of nitrogens with zero attached hydrogens (tertiary/aromatic N) is 1. The van der Waals surface area contributed by atoms with E-state index >= 15 is 0 Å². The van der Waals surface area contributed by atoms with E-state index in [-0.39, 0.29) is 0 Å². The number of nitrogens with one attached hydrogen (secondary N) is 1. The van der Waals surface area contributed by atoms with Gasteiger partial charge in [0.1, 0.15) is 6.61 Å². The Kier molecular flexibility index (Phi) is 4.62. The average Bonchev–Trinajstić information content (AvgIpc) is 2.63. The molecule has 0 spiro atoms. The van der Waals surface area contributed by atoms with Gasteiger partial charge in [-0.15, -0.1) is 0 Å². The molecule has 80 valence electrons. The third-order valence-electron chi connectivity index (χ3n) is 2.14. The van der Waals surface area contributed by atoms with Crippen molar-refractivity contribution in [3.63, 3.8) is 0 Å². The third kappa shape index (κ3) is 3.47. The fourth-order valence-electron chi connectivity index (χ4n) is 1.07. The Morgan fingerprint density at radius 2 is 2.43 bits per heavy atom. The maximum atomic E-state index is 5.06. The molecule has 0 aliphatic carbocycles. The summed E-state index contributed by atoms with van der Waals surface area (Å²) in [7, 11) is 1.64. The molecule has 1 atom stereocenters. The molecule has 0 aliphatic heterocycles. The van der Waals surface area contributed by atoms with Crippen LogP contribution in [0.2, 0.25) is 0 Å². The first-order chi connectivity index (χ1) is 6.76. The molecule has 14 heavy (non-hydrogen) atoms. The van der Waals surface area contributed by atoms with E-state index in [0.29, 0.717) is 12.6 Å². The number of methoxy groups -OCH3 is 1. The molecule has 0 bridgehead atoms. The van der Waals surface area contributed by atoms with Crippen molar-refractivity contribution in [2.24, 2.45) is 0 Å². The van der Waals surface area contributed by atoms with E-state index in [9.17, 15) is 0 Å². The maximum Gasteiger partial charge on any atom is 0.162 e. The molecule has 1 N–H and O–H groups in total. The highest BCUT2D eigenvalue weighted by atomic mass is 16.5. The number of hydrogen-bond acceptors (Lipinski definition) is 4. The molecule has 4 heteroatoms. The lowest BCUT2D eigenvalue weighted by Gasteiger charge is -2.08. The SMILES string of the molecule is CCC(C)NCc1cc(COC)on1. The van der Waals surface area contributed by atoms with Crippen LogP contribution in [0.4, 0.5) is 0 Å². The molecule has 0 aromatic carbocycles. The molecule has 0 aliphatic rings. The first kappa shape index (κ1) is 11.2. The van der Waals surface area contributed by atoms with E-state index < -0.39 is 0 Å². The summed E-state index contributed by atoms with van der Waals surface area (Å²) < 4.78 is 9.99. The van der Waals surface area contributed by atoms with Gasteiger partial charge in [-0.1, -0.05) is 12.1 Å². The minimum Gasteiger partial charge on any atom is -0.377 e. The minimum atomic E-state index is 0.482. The van der Waals surface area contributed by atoms with Gasteiger partial charge in [-0.2, -0.15) is 0 Å². The van der Waals surface area contributed by atoms with E-state index in [1.807, 2.05) is 6.07 Å². The lowest BCUT2D eigenvalue weighted by atomic mass is 10.2. The van der Waals surface area contributed by atoms with Gasteiger partial charge >= 0.3 is 0 Å². The summed E-state index contributed by atoms with van der Waals surface area (Å²) in [5.74, 6) is 0.772. The van der Waals surface area contributed by atoms with Crippen LogP contribution in [0.3, 0.4) is 0 Å². The van der Waals surface area contributed by atoms with Gasteiger partial charge in [0.05, 0.1) is 5.69 Å². The van der Waals surface area contributed by atoms with Crippen molar-refractivity contribution in [1.82, 2.24) is 10.5 Å². The topological polar surface area (TPSA) is 47.3 Å². The fourth-order valence-corrected chi connectivity index (χ4v) is 1.07. The van der Waals surface area contributed by atoms with E-state index in [1.165, 1.54) is 0 Å². The molecule has 1 aromatic rings. The Hall–Kier alpha value is -0.870. The zero-order chi connectivity index (χ0) is 10.4. The second-order valence-electron chi connectivity index (χ2n) is 3.41. The smallest absolute Gasteiger partial charge is 0.162 e. The van der Waals surface area contributed by atoms with Crippen LogP contribution in [-0.2, 0) is 17.9 Å². The highest BCUT2D eigenvalue weighted by Crippen LogP contribution is 2.04. The average molecular weight is 198 g/mol. The van der Waals surface area contributed by atoms with Gasteiger partial charge in [-0.3, -0.25) is 0 Å². The van der Waals surface area contributed by atoms with Crippen molar-refractivity contribution >= 4 is 0 Å². The van der Waals surface area contributed by atoms with Crippen molar-refractivity contribution in [3.05, 3.63) is 17.5 Å². The summed E-state index contributed by atoms with van der Waals surface area (Å²) >= 11 is 0. The van der Waals surface area contributed by atoms with Crippen LogP contribution in [0.1, 0.15) is 31.7 Å². The third-order valence-corrected chi connectivity index (χ3v) is 2.14. The Labute approximate surface area is 84.6 Å². The van der Waals surface area contributed by atoms with E-state index in [1.54, 1.807) is 7.11 Å². The van der Waals surface area contributed by atoms with Gasteiger partial charge in [0, 0.05) is 25.8 Å².